The molecule has 1 heterocycles. The Kier molecular flexibility index (Phi) is 7.20. The minimum Gasteiger partial charge on any atom is -0.369 e. The van der Waals surface area contributed by atoms with Crippen LogP contribution >= 0.6 is 23.4 Å². The van der Waals surface area contributed by atoms with Crippen molar-refractivity contribution in [3.05, 3.63) is 71.3 Å². The van der Waals surface area contributed by atoms with Crippen molar-refractivity contribution >= 4 is 29.1 Å². The monoisotopic (exact) mass is 458 g/mol. The van der Waals surface area contributed by atoms with Gasteiger partial charge in [-0.2, -0.15) is 0 Å². The molecule has 1 aliphatic rings. The third kappa shape index (κ3) is 5.43. The molecular formula is C24H28ClFN4S. The van der Waals surface area contributed by atoms with E-state index in [-0.39, 0.29) is 5.82 Å². The molecule has 0 N–H and O–H groups in total. The molecule has 1 fully saturated rings. The fourth-order valence-electron chi connectivity index (χ4n) is 3.77. The molecule has 2 aromatic carbocycles. The average molecular weight is 459 g/mol. The normalized spacial score (nSPS) is 14.1. The predicted octanol–water partition coefficient (Wildman–Crippen LogP) is 5.88. The van der Waals surface area contributed by atoms with Crippen LogP contribution in [0.2, 0.25) is 5.02 Å². The highest BCUT2D eigenvalue weighted by Gasteiger charge is 2.22. The van der Waals surface area contributed by atoms with Gasteiger partial charge in [-0.15, -0.1) is 0 Å². The quantitative estimate of drug-likeness (QED) is 0.374. The van der Waals surface area contributed by atoms with Crippen molar-refractivity contribution in [2.24, 2.45) is 0 Å². The number of aromatic nitrogens is 2. The molecule has 0 atom stereocenters. The lowest BCUT2D eigenvalue weighted by Crippen LogP contribution is -2.38. The van der Waals surface area contributed by atoms with Crippen LogP contribution in [0.15, 0.2) is 59.9 Å². The van der Waals surface area contributed by atoms with Gasteiger partial charge in [0.25, 0.3) is 0 Å². The molecule has 31 heavy (non-hydrogen) atoms. The van der Waals surface area contributed by atoms with Crippen molar-refractivity contribution in [1.82, 2.24) is 14.5 Å². The summed E-state index contributed by atoms with van der Waals surface area (Å²) < 4.78 is 15.5. The second-order valence-corrected chi connectivity index (χ2v) is 9.59. The smallest absolute Gasteiger partial charge is 0.172 e. The molecule has 0 bridgehead atoms. The first-order chi connectivity index (χ1) is 15.0. The maximum absolute atomic E-state index is 13.3. The summed E-state index contributed by atoms with van der Waals surface area (Å²) >= 11 is 7.90. The summed E-state index contributed by atoms with van der Waals surface area (Å²) in [7, 11) is 4.23. The van der Waals surface area contributed by atoms with Crippen LogP contribution in [-0.4, -0.2) is 46.9 Å². The zero-order valence-electron chi connectivity index (χ0n) is 18.0. The highest BCUT2D eigenvalue weighted by atomic mass is 35.5. The molecule has 1 aromatic heterocycles. The topological polar surface area (TPSA) is 24.3 Å². The van der Waals surface area contributed by atoms with E-state index in [2.05, 4.69) is 21.4 Å². The number of imidazole rings is 1. The first-order valence-electron chi connectivity index (χ1n) is 10.6. The first kappa shape index (κ1) is 22.2. The number of rotatable bonds is 9. The van der Waals surface area contributed by atoms with Crippen LogP contribution in [-0.2, 0) is 6.54 Å². The fraction of sp³-hybridized carbons (Fsp3) is 0.375. The molecule has 0 saturated heterocycles. The Bertz CT molecular complexity index is 986. The van der Waals surface area contributed by atoms with E-state index in [9.17, 15) is 4.39 Å². The minimum atomic E-state index is -0.228. The van der Waals surface area contributed by atoms with Crippen molar-refractivity contribution in [1.29, 1.82) is 0 Å². The summed E-state index contributed by atoms with van der Waals surface area (Å²) in [6, 6.07) is 15.2. The number of benzene rings is 2. The van der Waals surface area contributed by atoms with Crippen LogP contribution in [0.25, 0.3) is 5.69 Å². The third-order valence-corrected chi connectivity index (χ3v) is 7.11. The standard InChI is InChI=1S/C24H28ClFN4S/c1-28(20-4-3-5-20)14-15-31-24-27-16-23(30(24)22-10-6-18(25)7-11-22)17-29(2)21-12-8-19(26)9-13-21/h6-13,16,20H,3-5,14-15,17H2,1-2H3. The van der Waals surface area contributed by atoms with Crippen LogP contribution in [0.1, 0.15) is 25.0 Å². The van der Waals surface area contributed by atoms with Crippen LogP contribution < -0.4 is 4.90 Å². The molecule has 0 radical (unpaired) electrons. The zero-order valence-corrected chi connectivity index (χ0v) is 19.5. The van der Waals surface area contributed by atoms with E-state index in [0.29, 0.717) is 11.6 Å². The lowest BCUT2D eigenvalue weighted by molar-refractivity contribution is 0.169. The summed E-state index contributed by atoms with van der Waals surface area (Å²) in [6.45, 7) is 1.71. The summed E-state index contributed by atoms with van der Waals surface area (Å²) in [5.74, 6) is 0.763. The summed E-state index contributed by atoms with van der Waals surface area (Å²) in [4.78, 5) is 9.31. The Hall–Kier alpha value is -2.02. The Morgan fingerprint density at radius 1 is 1.10 bits per heavy atom. The van der Waals surface area contributed by atoms with Crippen LogP contribution in [0.3, 0.4) is 0 Å². The van der Waals surface area contributed by atoms with Gasteiger partial charge in [-0.25, -0.2) is 9.37 Å². The largest absolute Gasteiger partial charge is 0.369 e. The van der Waals surface area contributed by atoms with Gasteiger partial charge in [-0.05, 0) is 68.4 Å². The highest BCUT2D eigenvalue weighted by molar-refractivity contribution is 7.99. The molecule has 4 rings (SSSR count). The highest BCUT2D eigenvalue weighted by Crippen LogP contribution is 2.28. The van der Waals surface area contributed by atoms with E-state index in [4.69, 9.17) is 16.6 Å². The molecule has 0 unspecified atom stereocenters. The zero-order chi connectivity index (χ0) is 21.8. The van der Waals surface area contributed by atoms with Crippen LogP contribution in [0.5, 0.6) is 0 Å². The van der Waals surface area contributed by atoms with Gasteiger partial charge in [0, 0.05) is 41.8 Å². The SMILES string of the molecule is CN(Cc1cnc(SCCN(C)C2CCC2)n1-c1ccc(Cl)cc1)c1ccc(F)cc1. The molecule has 0 aliphatic heterocycles. The van der Waals surface area contributed by atoms with Gasteiger partial charge in [-0.1, -0.05) is 29.8 Å². The number of thioether (sulfide) groups is 1. The fourth-order valence-corrected chi connectivity index (χ4v) is 4.94. The summed E-state index contributed by atoms with van der Waals surface area (Å²) in [5.41, 5.74) is 3.07. The Morgan fingerprint density at radius 3 is 2.45 bits per heavy atom. The molecule has 4 nitrogen and oxygen atoms in total. The lowest BCUT2D eigenvalue weighted by atomic mass is 9.92. The summed E-state index contributed by atoms with van der Waals surface area (Å²) in [6.07, 6.45) is 5.93. The van der Waals surface area contributed by atoms with Crippen molar-refractivity contribution in [3.63, 3.8) is 0 Å². The molecule has 1 saturated carbocycles. The van der Waals surface area contributed by atoms with Gasteiger partial charge in [-0.3, -0.25) is 4.57 Å². The second-order valence-electron chi connectivity index (χ2n) is 8.09. The number of halogens is 2. The average Bonchev–Trinajstić information content (AvgIpc) is 3.10. The van der Waals surface area contributed by atoms with Gasteiger partial charge in [0.1, 0.15) is 5.82 Å². The van der Waals surface area contributed by atoms with Gasteiger partial charge < -0.3 is 9.80 Å². The molecular weight excluding hydrogens is 431 g/mol. The Balaban J connectivity index is 1.52. The van der Waals surface area contributed by atoms with E-state index >= 15 is 0 Å². The van der Waals surface area contributed by atoms with Crippen molar-refractivity contribution in [2.75, 3.05) is 31.3 Å². The van der Waals surface area contributed by atoms with E-state index < -0.39 is 0 Å². The number of hydrogen-bond acceptors (Lipinski definition) is 4. The Morgan fingerprint density at radius 2 is 1.81 bits per heavy atom. The third-order valence-electron chi connectivity index (χ3n) is 5.93. The van der Waals surface area contributed by atoms with Crippen molar-refractivity contribution in [2.45, 2.75) is 37.0 Å². The van der Waals surface area contributed by atoms with Gasteiger partial charge in [0.2, 0.25) is 0 Å². The minimum absolute atomic E-state index is 0.228. The molecule has 164 valence electrons. The molecule has 0 spiro atoms. The van der Waals surface area contributed by atoms with Gasteiger partial charge in [0.15, 0.2) is 5.16 Å². The van der Waals surface area contributed by atoms with Crippen molar-refractivity contribution < 1.29 is 4.39 Å². The van der Waals surface area contributed by atoms with E-state index in [1.165, 1.54) is 31.4 Å². The summed E-state index contributed by atoms with van der Waals surface area (Å²) in [5, 5.41) is 1.69. The van der Waals surface area contributed by atoms with Crippen molar-refractivity contribution in [3.8, 4) is 5.69 Å². The van der Waals surface area contributed by atoms with E-state index in [1.54, 1.807) is 23.9 Å². The number of anilines is 1. The van der Waals surface area contributed by atoms with Gasteiger partial charge >= 0.3 is 0 Å². The molecule has 0 amide bonds. The molecule has 3 aromatic rings. The van der Waals surface area contributed by atoms with Gasteiger partial charge in [0.05, 0.1) is 18.4 Å². The maximum Gasteiger partial charge on any atom is 0.172 e. The van der Waals surface area contributed by atoms with Crippen LogP contribution in [0.4, 0.5) is 10.1 Å². The lowest BCUT2D eigenvalue weighted by Gasteiger charge is -2.34. The Labute approximate surface area is 193 Å². The van der Waals surface area contributed by atoms with E-state index in [0.717, 1.165) is 40.6 Å². The number of nitrogens with zero attached hydrogens (tertiary/aromatic N) is 4. The number of hydrogen-bond donors (Lipinski definition) is 0. The maximum atomic E-state index is 13.3. The predicted molar refractivity (Wildman–Crippen MR) is 128 cm³/mol. The second kappa shape index (κ2) is 10.1. The van der Waals surface area contributed by atoms with Crippen LogP contribution in [0, 0.1) is 5.82 Å². The molecule has 1 aliphatic carbocycles. The molecule has 7 heteroatoms. The first-order valence-corrected chi connectivity index (χ1v) is 12.0. The van der Waals surface area contributed by atoms with E-state index in [1.807, 2.05) is 37.5 Å².